The molecule has 4 heteroatoms. The molecule has 4 radical (unpaired) electrons. The van der Waals surface area contributed by atoms with Crippen molar-refractivity contribution in [3.63, 3.8) is 0 Å². The summed E-state index contributed by atoms with van der Waals surface area (Å²) in [5.41, 5.74) is 1.58. The molecule has 0 bridgehead atoms. The molecule has 22 heavy (non-hydrogen) atoms. The van der Waals surface area contributed by atoms with Gasteiger partial charge in [-0.05, 0) is 0 Å². The predicted molar refractivity (Wildman–Crippen MR) is 98.3 cm³/mol. The zero-order chi connectivity index (χ0) is 16.3. The van der Waals surface area contributed by atoms with Gasteiger partial charge in [0.2, 0.25) is 0 Å². The van der Waals surface area contributed by atoms with E-state index >= 15 is 0 Å². The molecule has 2 atom stereocenters. The van der Waals surface area contributed by atoms with E-state index in [0.717, 1.165) is 6.42 Å². The fourth-order valence-corrected chi connectivity index (χ4v) is 10.8. The van der Waals surface area contributed by atoms with Crippen LogP contribution in [0.4, 0.5) is 0 Å². The zero-order valence-corrected chi connectivity index (χ0v) is 18.0. The SMILES string of the molecule is C[C@H]([C]1C[CH][CH][C]1[Se][Se]C1=C([C@@H](C)N(C)C)C=CC1)N(C)C. The first-order valence-electron chi connectivity index (χ1n) is 7.88. The molecular formula is C18H28N2Se2. The van der Waals surface area contributed by atoms with Crippen LogP contribution in [0.3, 0.4) is 0 Å². The molecule has 2 rings (SSSR count). The van der Waals surface area contributed by atoms with Crippen LogP contribution in [0.2, 0.25) is 0 Å². The van der Waals surface area contributed by atoms with E-state index in [1.54, 1.807) is 20.8 Å². The van der Waals surface area contributed by atoms with E-state index in [-0.39, 0.29) is 0 Å². The van der Waals surface area contributed by atoms with Crippen molar-refractivity contribution in [2.75, 3.05) is 28.2 Å². The Hall–Kier alpha value is 0.439. The summed E-state index contributed by atoms with van der Waals surface area (Å²) in [7, 11) is 8.73. The van der Waals surface area contributed by atoms with E-state index in [9.17, 15) is 0 Å². The molecule has 2 aliphatic carbocycles. The Kier molecular flexibility index (Phi) is 7.26. The number of hydrogen-bond donors (Lipinski definition) is 0. The minimum atomic E-state index is 0.541. The van der Waals surface area contributed by atoms with Gasteiger partial charge >= 0.3 is 149 Å². The number of hydrogen-bond acceptors (Lipinski definition) is 2. The van der Waals surface area contributed by atoms with Gasteiger partial charge in [-0.3, -0.25) is 0 Å². The molecule has 0 aliphatic heterocycles. The molecule has 0 amide bonds. The molecule has 2 nitrogen and oxygen atoms in total. The molecule has 0 spiro atoms. The van der Waals surface area contributed by atoms with E-state index in [0.29, 0.717) is 38.3 Å². The molecule has 0 saturated heterocycles. The third-order valence-corrected chi connectivity index (χ3v) is 12.3. The Morgan fingerprint density at radius 2 is 1.64 bits per heavy atom. The summed E-state index contributed by atoms with van der Waals surface area (Å²) in [6, 6.07) is 1.11. The van der Waals surface area contributed by atoms with Gasteiger partial charge in [0.1, 0.15) is 0 Å². The van der Waals surface area contributed by atoms with Crippen molar-refractivity contribution in [1.82, 2.24) is 9.80 Å². The van der Waals surface area contributed by atoms with Crippen LogP contribution in [0.25, 0.3) is 0 Å². The molecule has 0 N–H and O–H groups in total. The third kappa shape index (κ3) is 4.50. The van der Waals surface area contributed by atoms with E-state index in [1.165, 1.54) is 6.42 Å². The normalized spacial score (nSPS) is 23.3. The molecule has 0 aromatic carbocycles. The summed E-state index contributed by atoms with van der Waals surface area (Å²) in [6.45, 7) is 4.66. The molecule has 0 aromatic rings. The minimum absolute atomic E-state index is 0.541. The van der Waals surface area contributed by atoms with Gasteiger partial charge in [-0.25, -0.2) is 0 Å². The van der Waals surface area contributed by atoms with Crippen molar-refractivity contribution in [1.29, 1.82) is 0 Å². The van der Waals surface area contributed by atoms with Crippen molar-refractivity contribution in [2.45, 2.75) is 38.8 Å². The summed E-state index contributed by atoms with van der Waals surface area (Å²) >= 11 is 1.26. The van der Waals surface area contributed by atoms with Crippen LogP contribution in [-0.4, -0.2) is 76.3 Å². The van der Waals surface area contributed by atoms with E-state index in [2.05, 4.69) is 76.8 Å². The fraction of sp³-hybridized carbons (Fsp3) is 0.556. The summed E-state index contributed by atoms with van der Waals surface area (Å²) in [4.78, 5) is 6.31. The van der Waals surface area contributed by atoms with Gasteiger partial charge < -0.3 is 0 Å². The van der Waals surface area contributed by atoms with Gasteiger partial charge in [-0.15, -0.1) is 0 Å². The second kappa shape index (κ2) is 8.51. The van der Waals surface area contributed by atoms with Gasteiger partial charge in [0.05, 0.1) is 0 Å². The maximum absolute atomic E-state index is 2.40. The summed E-state index contributed by atoms with van der Waals surface area (Å²) in [6.07, 6.45) is 11.8. The van der Waals surface area contributed by atoms with E-state index in [1.807, 2.05) is 0 Å². The van der Waals surface area contributed by atoms with Crippen LogP contribution < -0.4 is 0 Å². The molecular weight excluding hydrogens is 402 g/mol. The van der Waals surface area contributed by atoms with Crippen molar-refractivity contribution in [2.24, 2.45) is 0 Å². The molecule has 1 saturated carbocycles. The van der Waals surface area contributed by atoms with Gasteiger partial charge in [0.25, 0.3) is 0 Å². The third-order valence-electron chi connectivity index (χ3n) is 4.58. The average Bonchev–Trinajstić information content (AvgIpc) is 3.11. The Labute approximate surface area is 148 Å². The Balaban J connectivity index is 1.96. The average molecular weight is 430 g/mol. The van der Waals surface area contributed by atoms with Crippen molar-refractivity contribution < 1.29 is 0 Å². The van der Waals surface area contributed by atoms with Crippen LogP contribution in [0, 0.1) is 23.6 Å². The van der Waals surface area contributed by atoms with Crippen LogP contribution in [0.5, 0.6) is 0 Å². The van der Waals surface area contributed by atoms with Crippen LogP contribution in [0.15, 0.2) is 22.2 Å². The first-order valence-corrected chi connectivity index (χ1v) is 13.9. The first kappa shape index (κ1) is 18.8. The topological polar surface area (TPSA) is 6.48 Å². The summed E-state index contributed by atoms with van der Waals surface area (Å²) in [5, 5.41) is 0. The Morgan fingerprint density at radius 1 is 0.955 bits per heavy atom. The van der Waals surface area contributed by atoms with Gasteiger partial charge in [0.15, 0.2) is 0 Å². The Morgan fingerprint density at radius 3 is 2.27 bits per heavy atom. The second-order valence-corrected chi connectivity index (χ2v) is 12.7. The zero-order valence-electron chi connectivity index (χ0n) is 14.6. The van der Waals surface area contributed by atoms with Crippen LogP contribution in [0.1, 0.15) is 26.7 Å². The van der Waals surface area contributed by atoms with Crippen molar-refractivity contribution in [3.05, 3.63) is 45.8 Å². The standard InChI is InChI=1S/C18H28N2Se2/c1-13(19(3)4)15-9-7-11-17(15)21-22-18-12-8-10-16(18)14(2)20(5)6/h7-9,12-14H,10-11H2,1-6H3/t13-,14-/m1/s1. The van der Waals surface area contributed by atoms with Crippen LogP contribution in [-0.2, 0) is 0 Å². The molecule has 1 fully saturated rings. The summed E-state index contributed by atoms with van der Waals surface area (Å²) < 4.78 is 1.72. The molecule has 2 aliphatic rings. The quantitative estimate of drug-likeness (QED) is 0.573. The molecule has 0 heterocycles. The Bertz CT molecular complexity index is 429. The number of nitrogens with zero attached hydrogens (tertiary/aromatic N) is 2. The molecule has 0 unspecified atom stereocenters. The number of allylic oxidation sites excluding steroid dienone is 2. The second-order valence-electron chi connectivity index (χ2n) is 6.43. The molecule has 0 aromatic heterocycles. The van der Waals surface area contributed by atoms with E-state index < -0.39 is 0 Å². The number of rotatable bonds is 7. The first-order chi connectivity index (χ1) is 10.4. The van der Waals surface area contributed by atoms with Gasteiger partial charge in [0, 0.05) is 0 Å². The van der Waals surface area contributed by atoms with Gasteiger partial charge in [-0.2, -0.15) is 0 Å². The van der Waals surface area contributed by atoms with Crippen molar-refractivity contribution in [3.8, 4) is 0 Å². The summed E-state index contributed by atoms with van der Waals surface area (Å²) in [5.74, 6) is 1.65. The van der Waals surface area contributed by atoms with Gasteiger partial charge in [-0.1, -0.05) is 0 Å². The number of likely N-dealkylation sites (N-methyl/N-ethyl adjacent to an activating group) is 1. The van der Waals surface area contributed by atoms with Crippen LogP contribution >= 0.6 is 0 Å². The predicted octanol–water partition coefficient (Wildman–Crippen LogP) is 2.34. The van der Waals surface area contributed by atoms with Crippen molar-refractivity contribution >= 4 is 26.3 Å². The maximum atomic E-state index is 2.40. The fourth-order valence-electron chi connectivity index (χ4n) is 2.60. The monoisotopic (exact) mass is 432 g/mol. The van der Waals surface area contributed by atoms with E-state index in [4.69, 9.17) is 0 Å². The molecule has 122 valence electrons.